The first-order valence-corrected chi connectivity index (χ1v) is 9.24. The van der Waals surface area contributed by atoms with E-state index in [4.69, 9.17) is 14.2 Å². The highest BCUT2D eigenvalue weighted by Crippen LogP contribution is 2.36. The van der Waals surface area contributed by atoms with Gasteiger partial charge in [-0.2, -0.15) is 0 Å². The summed E-state index contributed by atoms with van der Waals surface area (Å²) in [4.78, 5) is 42.2. The van der Waals surface area contributed by atoms with Crippen LogP contribution in [0, 0.1) is 0 Å². The molecule has 0 spiro atoms. The smallest absolute Gasteiger partial charge is 0.409 e. The Morgan fingerprint density at radius 3 is 2.43 bits per heavy atom. The highest BCUT2D eigenvalue weighted by atomic mass is 16.6. The van der Waals surface area contributed by atoms with Gasteiger partial charge in [-0.05, 0) is 19.1 Å². The maximum Gasteiger partial charge on any atom is 0.409 e. The van der Waals surface area contributed by atoms with Gasteiger partial charge in [-0.1, -0.05) is 0 Å². The molecule has 9 nitrogen and oxygen atoms in total. The first kappa shape index (κ1) is 19.9. The molecule has 2 heterocycles. The predicted molar refractivity (Wildman–Crippen MR) is 101 cm³/mol. The lowest BCUT2D eigenvalue weighted by Gasteiger charge is -2.36. The number of ether oxygens (including phenoxy) is 3. The van der Waals surface area contributed by atoms with Gasteiger partial charge in [0.1, 0.15) is 11.5 Å². The third kappa shape index (κ3) is 3.75. The number of rotatable bonds is 5. The van der Waals surface area contributed by atoms with Crippen LogP contribution in [0.3, 0.4) is 0 Å². The van der Waals surface area contributed by atoms with E-state index in [1.807, 2.05) is 4.90 Å². The van der Waals surface area contributed by atoms with Crippen LogP contribution in [0.1, 0.15) is 13.3 Å². The minimum Gasteiger partial charge on any atom is -0.497 e. The second-order valence-electron chi connectivity index (χ2n) is 6.55. The van der Waals surface area contributed by atoms with E-state index in [2.05, 4.69) is 0 Å². The van der Waals surface area contributed by atoms with Crippen LogP contribution in [-0.2, 0) is 14.3 Å². The van der Waals surface area contributed by atoms with Crippen molar-refractivity contribution in [2.75, 3.05) is 51.9 Å². The van der Waals surface area contributed by atoms with Gasteiger partial charge >= 0.3 is 6.09 Å². The van der Waals surface area contributed by atoms with E-state index in [1.54, 1.807) is 30.0 Å². The Kier molecular flexibility index (Phi) is 6.03. The number of carbonyl (C=O) groups is 3. The molecular formula is C19H25N3O6. The van der Waals surface area contributed by atoms with Gasteiger partial charge in [-0.15, -0.1) is 0 Å². The zero-order valence-corrected chi connectivity index (χ0v) is 16.3. The van der Waals surface area contributed by atoms with Crippen LogP contribution in [0.4, 0.5) is 10.5 Å². The predicted octanol–water partition coefficient (Wildman–Crippen LogP) is 1.11. The van der Waals surface area contributed by atoms with Crippen LogP contribution >= 0.6 is 0 Å². The maximum absolute atomic E-state index is 13.0. The summed E-state index contributed by atoms with van der Waals surface area (Å²) in [6, 6.07) is 4.43. The number of methoxy groups -OCH3 is 2. The van der Waals surface area contributed by atoms with Crippen molar-refractivity contribution in [1.82, 2.24) is 9.80 Å². The van der Waals surface area contributed by atoms with E-state index in [0.29, 0.717) is 50.0 Å². The Morgan fingerprint density at radius 1 is 1.11 bits per heavy atom. The van der Waals surface area contributed by atoms with Crippen molar-refractivity contribution in [3.63, 3.8) is 0 Å². The Bertz CT molecular complexity index is 760. The third-order valence-corrected chi connectivity index (χ3v) is 5.03. The Labute approximate surface area is 163 Å². The number of amides is 3. The van der Waals surface area contributed by atoms with Crippen LogP contribution < -0.4 is 14.4 Å². The molecule has 28 heavy (non-hydrogen) atoms. The number of hydrogen-bond acceptors (Lipinski definition) is 7. The average Bonchev–Trinajstić information content (AvgIpc) is 3.01. The normalized spacial score (nSPS) is 20.5. The number of hydrogen-bond donors (Lipinski definition) is 0. The Hall–Kier alpha value is -2.81. The number of imide groups is 1. The lowest BCUT2D eigenvalue weighted by molar-refractivity contribution is -0.123. The molecule has 0 aromatic heterocycles. The summed E-state index contributed by atoms with van der Waals surface area (Å²) in [6.45, 7) is 4.03. The quantitative estimate of drug-likeness (QED) is 0.695. The van der Waals surface area contributed by atoms with Gasteiger partial charge < -0.3 is 19.1 Å². The molecular weight excluding hydrogens is 366 g/mol. The molecule has 0 saturated carbocycles. The minimum absolute atomic E-state index is 0.105. The zero-order chi connectivity index (χ0) is 20.3. The van der Waals surface area contributed by atoms with Crippen LogP contribution in [0.5, 0.6) is 11.5 Å². The van der Waals surface area contributed by atoms with Gasteiger partial charge in [-0.3, -0.25) is 14.5 Å². The molecule has 3 amide bonds. The van der Waals surface area contributed by atoms with E-state index in [0.717, 1.165) is 0 Å². The standard InChI is InChI=1S/C19H25N3O6/c1-4-28-19(25)21-9-7-20(8-10-21)15-12-17(23)22(18(15)24)14-6-5-13(26-2)11-16(14)27-3/h5-6,11,15H,4,7-10,12H2,1-3H3/t15-/m0/s1. The molecule has 1 aromatic rings. The van der Waals surface area contributed by atoms with Gasteiger partial charge in [0, 0.05) is 32.2 Å². The second-order valence-corrected chi connectivity index (χ2v) is 6.55. The van der Waals surface area contributed by atoms with Gasteiger partial charge in [-0.25, -0.2) is 9.69 Å². The molecule has 1 aromatic carbocycles. The maximum atomic E-state index is 13.0. The van der Waals surface area contributed by atoms with Crippen molar-refractivity contribution in [3.8, 4) is 11.5 Å². The number of nitrogens with zero attached hydrogens (tertiary/aromatic N) is 3. The van der Waals surface area contributed by atoms with Gasteiger partial charge in [0.25, 0.3) is 5.91 Å². The molecule has 0 unspecified atom stereocenters. The minimum atomic E-state index is -0.538. The summed E-state index contributed by atoms with van der Waals surface area (Å²) in [5.74, 6) is 0.421. The number of piperazine rings is 1. The van der Waals surface area contributed by atoms with E-state index in [1.165, 1.54) is 19.1 Å². The lowest BCUT2D eigenvalue weighted by Crippen LogP contribution is -2.54. The fourth-order valence-corrected chi connectivity index (χ4v) is 3.55. The molecule has 2 aliphatic heterocycles. The molecule has 2 saturated heterocycles. The Morgan fingerprint density at radius 2 is 1.82 bits per heavy atom. The second kappa shape index (κ2) is 8.47. The SMILES string of the molecule is CCOC(=O)N1CCN([C@H]2CC(=O)N(c3ccc(OC)cc3OC)C2=O)CC1. The van der Waals surface area contributed by atoms with Crippen molar-refractivity contribution >= 4 is 23.6 Å². The molecule has 152 valence electrons. The van der Waals surface area contributed by atoms with Crippen molar-refractivity contribution < 1.29 is 28.6 Å². The van der Waals surface area contributed by atoms with E-state index >= 15 is 0 Å². The molecule has 1 atom stereocenters. The first-order chi connectivity index (χ1) is 13.5. The van der Waals surface area contributed by atoms with Crippen LogP contribution in [-0.4, -0.2) is 80.8 Å². The molecule has 9 heteroatoms. The summed E-state index contributed by atoms with van der Waals surface area (Å²) in [6.07, 6.45) is -0.242. The highest BCUT2D eigenvalue weighted by Gasteiger charge is 2.44. The summed E-state index contributed by atoms with van der Waals surface area (Å²) >= 11 is 0. The van der Waals surface area contributed by atoms with Crippen molar-refractivity contribution in [1.29, 1.82) is 0 Å². The Balaban J connectivity index is 1.72. The molecule has 2 aliphatic rings. The topological polar surface area (TPSA) is 88.6 Å². The van der Waals surface area contributed by atoms with Crippen LogP contribution in [0.25, 0.3) is 0 Å². The van der Waals surface area contributed by atoms with Gasteiger partial charge in [0.05, 0.1) is 39.0 Å². The average molecular weight is 391 g/mol. The number of benzene rings is 1. The fourth-order valence-electron chi connectivity index (χ4n) is 3.55. The van der Waals surface area contributed by atoms with E-state index in [9.17, 15) is 14.4 Å². The summed E-state index contributed by atoms with van der Waals surface area (Å²) < 4.78 is 15.5. The monoisotopic (exact) mass is 391 g/mol. The van der Waals surface area contributed by atoms with Crippen molar-refractivity contribution in [2.24, 2.45) is 0 Å². The third-order valence-electron chi connectivity index (χ3n) is 5.03. The fraction of sp³-hybridized carbons (Fsp3) is 0.526. The van der Waals surface area contributed by atoms with Crippen molar-refractivity contribution in [3.05, 3.63) is 18.2 Å². The molecule has 0 bridgehead atoms. The largest absolute Gasteiger partial charge is 0.497 e. The highest BCUT2D eigenvalue weighted by molar-refractivity contribution is 6.23. The van der Waals surface area contributed by atoms with Crippen molar-refractivity contribution in [2.45, 2.75) is 19.4 Å². The summed E-state index contributed by atoms with van der Waals surface area (Å²) in [5, 5.41) is 0. The van der Waals surface area contributed by atoms with E-state index in [-0.39, 0.29) is 24.3 Å². The lowest BCUT2D eigenvalue weighted by atomic mass is 10.2. The van der Waals surface area contributed by atoms with Crippen LogP contribution in [0.2, 0.25) is 0 Å². The summed E-state index contributed by atoms with van der Waals surface area (Å²) in [5.41, 5.74) is 0.408. The van der Waals surface area contributed by atoms with Crippen LogP contribution in [0.15, 0.2) is 18.2 Å². The molecule has 0 radical (unpaired) electrons. The molecule has 2 fully saturated rings. The zero-order valence-electron chi connectivity index (χ0n) is 16.3. The van der Waals surface area contributed by atoms with Gasteiger partial charge in [0.15, 0.2) is 0 Å². The van der Waals surface area contributed by atoms with E-state index < -0.39 is 6.04 Å². The first-order valence-electron chi connectivity index (χ1n) is 9.24. The summed E-state index contributed by atoms with van der Waals surface area (Å²) in [7, 11) is 3.02. The molecule has 3 rings (SSSR count). The van der Waals surface area contributed by atoms with Gasteiger partial charge in [0.2, 0.25) is 5.91 Å². The number of carbonyl (C=O) groups excluding carboxylic acids is 3. The molecule has 0 N–H and O–H groups in total. The molecule has 0 aliphatic carbocycles. The number of anilines is 1.